The van der Waals surface area contributed by atoms with Gasteiger partial charge in [0.05, 0.1) is 0 Å². The summed E-state index contributed by atoms with van der Waals surface area (Å²) >= 11 is 0. The first kappa shape index (κ1) is 22.1. The van der Waals surface area contributed by atoms with Crippen LogP contribution in [0.1, 0.15) is 66.4 Å². The van der Waals surface area contributed by atoms with Crippen molar-refractivity contribution < 1.29 is 13.9 Å². The molecule has 0 atom stereocenters. The molecule has 5 heteroatoms. The molecule has 1 saturated carbocycles. The fraction of sp³-hybridized carbons (Fsp3) is 0.552. The van der Waals surface area contributed by atoms with Crippen LogP contribution in [-0.4, -0.2) is 54.0 Å². The van der Waals surface area contributed by atoms with Crippen molar-refractivity contribution >= 4 is 5.91 Å². The lowest BCUT2D eigenvalue weighted by atomic mass is 9.76. The number of piperidine rings is 2. The fourth-order valence-corrected chi connectivity index (χ4v) is 6.50. The molecule has 3 fully saturated rings. The number of ether oxygens (including phenoxy) is 1. The van der Waals surface area contributed by atoms with Crippen LogP contribution in [0, 0.1) is 11.2 Å². The predicted octanol–water partition coefficient (Wildman–Crippen LogP) is 5.24. The highest BCUT2D eigenvalue weighted by Gasteiger charge is 2.41. The SMILES string of the molecule is O=C(c1ccc(F)cc1)N1CCC2(CC1)Cc1ccc(OC3CCN(C4CCC4)CC3)cc1C2. The molecule has 0 bridgehead atoms. The Hall–Kier alpha value is -2.40. The molecular weight excluding hydrogens is 427 g/mol. The van der Waals surface area contributed by atoms with Crippen molar-refractivity contribution in [3.63, 3.8) is 0 Å². The molecule has 180 valence electrons. The van der Waals surface area contributed by atoms with Gasteiger partial charge in [-0.05, 0) is 104 Å². The molecule has 2 heterocycles. The first-order chi connectivity index (χ1) is 16.6. The highest BCUT2D eigenvalue weighted by molar-refractivity contribution is 5.94. The van der Waals surface area contributed by atoms with Gasteiger partial charge < -0.3 is 14.5 Å². The maximum atomic E-state index is 13.2. The monoisotopic (exact) mass is 462 g/mol. The molecule has 4 aliphatic rings. The van der Waals surface area contributed by atoms with E-state index in [0.717, 1.165) is 63.4 Å². The van der Waals surface area contributed by atoms with E-state index in [1.165, 1.54) is 55.6 Å². The van der Waals surface area contributed by atoms with Crippen LogP contribution in [0.3, 0.4) is 0 Å². The Bertz CT molecular complexity index is 1030. The molecule has 0 N–H and O–H groups in total. The Balaban J connectivity index is 1.04. The van der Waals surface area contributed by atoms with Crippen LogP contribution >= 0.6 is 0 Å². The van der Waals surface area contributed by atoms with Gasteiger partial charge in [-0.15, -0.1) is 0 Å². The van der Waals surface area contributed by atoms with Crippen molar-refractivity contribution in [3.05, 3.63) is 65.0 Å². The minimum absolute atomic E-state index is 0.0180. The smallest absolute Gasteiger partial charge is 0.253 e. The molecule has 2 aliphatic carbocycles. The topological polar surface area (TPSA) is 32.8 Å². The zero-order valence-electron chi connectivity index (χ0n) is 20.0. The summed E-state index contributed by atoms with van der Waals surface area (Å²) in [5, 5.41) is 0. The van der Waals surface area contributed by atoms with E-state index >= 15 is 0 Å². The van der Waals surface area contributed by atoms with Gasteiger partial charge in [-0.25, -0.2) is 4.39 Å². The van der Waals surface area contributed by atoms with Crippen LogP contribution in [-0.2, 0) is 12.8 Å². The number of likely N-dealkylation sites (tertiary alicyclic amines) is 2. The standard InChI is InChI=1S/C29H35FN2O2/c30-24-7-4-21(5-8-24)28(33)32-16-12-29(13-17-32)19-22-6-9-27(18-23(22)20-29)34-26-10-14-31(15-11-26)25-2-1-3-25/h4-9,18,25-26H,1-3,10-17,19-20H2. The average Bonchev–Trinajstić information content (AvgIpc) is 3.16. The lowest BCUT2D eigenvalue weighted by Crippen LogP contribution is -2.46. The third-order valence-corrected chi connectivity index (χ3v) is 8.88. The molecule has 6 rings (SSSR count). The highest BCUT2D eigenvalue weighted by Crippen LogP contribution is 2.45. The van der Waals surface area contributed by atoms with E-state index in [4.69, 9.17) is 4.74 Å². The van der Waals surface area contributed by atoms with Gasteiger partial charge in [0.25, 0.3) is 5.91 Å². The van der Waals surface area contributed by atoms with Crippen LogP contribution in [0.4, 0.5) is 4.39 Å². The van der Waals surface area contributed by atoms with Crippen molar-refractivity contribution in [2.24, 2.45) is 5.41 Å². The average molecular weight is 463 g/mol. The molecule has 4 nitrogen and oxygen atoms in total. The summed E-state index contributed by atoms with van der Waals surface area (Å²) in [4.78, 5) is 17.4. The fourth-order valence-electron chi connectivity index (χ4n) is 6.50. The van der Waals surface area contributed by atoms with Crippen molar-refractivity contribution in [2.45, 2.75) is 69.9 Å². The van der Waals surface area contributed by atoms with Crippen molar-refractivity contribution in [1.82, 2.24) is 9.80 Å². The van der Waals surface area contributed by atoms with Gasteiger partial charge in [0.1, 0.15) is 17.7 Å². The Labute approximate surface area is 202 Å². The van der Waals surface area contributed by atoms with Crippen molar-refractivity contribution in [2.75, 3.05) is 26.2 Å². The Kier molecular flexibility index (Phi) is 5.84. The van der Waals surface area contributed by atoms with Crippen LogP contribution in [0.5, 0.6) is 5.75 Å². The van der Waals surface area contributed by atoms with Gasteiger partial charge in [0.15, 0.2) is 0 Å². The Morgan fingerprint density at radius 2 is 1.59 bits per heavy atom. The van der Waals surface area contributed by atoms with E-state index in [1.54, 1.807) is 12.1 Å². The van der Waals surface area contributed by atoms with Gasteiger partial charge in [-0.2, -0.15) is 0 Å². The molecule has 0 aromatic heterocycles. The van der Waals surface area contributed by atoms with E-state index in [1.807, 2.05) is 4.90 Å². The molecule has 1 spiro atoms. The van der Waals surface area contributed by atoms with E-state index in [2.05, 4.69) is 23.1 Å². The zero-order chi connectivity index (χ0) is 23.1. The van der Waals surface area contributed by atoms with Crippen LogP contribution in [0.2, 0.25) is 0 Å². The van der Waals surface area contributed by atoms with Crippen molar-refractivity contribution in [3.8, 4) is 5.75 Å². The maximum absolute atomic E-state index is 13.2. The largest absolute Gasteiger partial charge is 0.490 e. The van der Waals surface area contributed by atoms with Gasteiger partial charge in [0, 0.05) is 37.8 Å². The van der Waals surface area contributed by atoms with E-state index < -0.39 is 0 Å². The highest BCUT2D eigenvalue weighted by atomic mass is 19.1. The second kappa shape index (κ2) is 8.99. The number of benzene rings is 2. The molecule has 0 unspecified atom stereocenters. The van der Waals surface area contributed by atoms with Gasteiger partial charge in [-0.1, -0.05) is 12.5 Å². The number of hydrogen-bond acceptors (Lipinski definition) is 3. The number of halogens is 1. The third kappa shape index (κ3) is 4.35. The van der Waals surface area contributed by atoms with Crippen molar-refractivity contribution in [1.29, 1.82) is 0 Å². The van der Waals surface area contributed by atoms with Gasteiger partial charge in [-0.3, -0.25) is 4.79 Å². The maximum Gasteiger partial charge on any atom is 0.253 e. The number of amides is 1. The molecule has 0 radical (unpaired) electrons. The first-order valence-electron chi connectivity index (χ1n) is 13.1. The number of fused-ring (bicyclic) bond motifs is 1. The first-order valence-corrected chi connectivity index (χ1v) is 13.1. The summed E-state index contributed by atoms with van der Waals surface area (Å²) in [5.74, 6) is 0.742. The number of rotatable bonds is 4. The summed E-state index contributed by atoms with van der Waals surface area (Å²) in [5.41, 5.74) is 3.72. The number of nitrogens with zero attached hydrogens (tertiary/aromatic N) is 2. The molecule has 2 saturated heterocycles. The third-order valence-electron chi connectivity index (χ3n) is 8.88. The van der Waals surface area contributed by atoms with E-state index in [-0.39, 0.29) is 17.1 Å². The van der Waals surface area contributed by atoms with Gasteiger partial charge >= 0.3 is 0 Å². The second-order valence-electron chi connectivity index (χ2n) is 11.0. The summed E-state index contributed by atoms with van der Waals surface area (Å²) < 4.78 is 19.6. The van der Waals surface area contributed by atoms with Crippen LogP contribution in [0.15, 0.2) is 42.5 Å². The zero-order valence-corrected chi connectivity index (χ0v) is 20.0. The molecular formula is C29H35FN2O2. The van der Waals surface area contributed by atoms with E-state index in [9.17, 15) is 9.18 Å². The lowest BCUT2D eigenvalue weighted by Gasteiger charge is -2.41. The Morgan fingerprint density at radius 3 is 2.26 bits per heavy atom. The number of carbonyl (C=O) groups is 1. The molecule has 2 aliphatic heterocycles. The molecule has 2 aromatic rings. The summed E-state index contributed by atoms with van der Waals surface area (Å²) in [6.45, 7) is 3.90. The molecule has 1 amide bonds. The van der Waals surface area contributed by atoms with Crippen LogP contribution < -0.4 is 4.74 Å². The summed E-state index contributed by atoms with van der Waals surface area (Å²) in [6, 6.07) is 13.5. The summed E-state index contributed by atoms with van der Waals surface area (Å²) in [6.07, 6.45) is 11.0. The lowest BCUT2D eigenvalue weighted by molar-refractivity contribution is 0.0493. The molecule has 2 aromatic carbocycles. The minimum Gasteiger partial charge on any atom is -0.490 e. The van der Waals surface area contributed by atoms with E-state index in [0.29, 0.717) is 11.7 Å². The number of carbonyl (C=O) groups excluding carboxylic acids is 1. The van der Waals surface area contributed by atoms with Gasteiger partial charge in [0.2, 0.25) is 0 Å². The van der Waals surface area contributed by atoms with Crippen LogP contribution in [0.25, 0.3) is 0 Å². The number of hydrogen-bond donors (Lipinski definition) is 0. The second-order valence-corrected chi connectivity index (χ2v) is 11.0. The predicted molar refractivity (Wildman–Crippen MR) is 131 cm³/mol. The normalized spacial score (nSPS) is 23.0. The summed E-state index contributed by atoms with van der Waals surface area (Å²) in [7, 11) is 0. The Morgan fingerprint density at radius 1 is 0.882 bits per heavy atom. The molecule has 34 heavy (non-hydrogen) atoms. The minimum atomic E-state index is -0.305. The quantitative estimate of drug-likeness (QED) is 0.623.